The van der Waals surface area contributed by atoms with Gasteiger partial charge in [0.1, 0.15) is 17.0 Å². The zero-order chi connectivity index (χ0) is 17.6. The predicted octanol–water partition coefficient (Wildman–Crippen LogP) is 3.28. The van der Waals surface area contributed by atoms with Crippen molar-refractivity contribution in [3.8, 4) is 17.2 Å². The number of hydrogen-bond donors (Lipinski definition) is 2. The fourth-order valence-corrected chi connectivity index (χ4v) is 2.65. The van der Waals surface area contributed by atoms with E-state index in [9.17, 15) is 9.90 Å². The number of nitrogens with zero attached hydrogens (tertiary/aromatic N) is 2. The highest BCUT2D eigenvalue weighted by Crippen LogP contribution is 2.32. The van der Waals surface area contributed by atoms with Crippen LogP contribution in [0, 0.1) is 6.92 Å². The number of oxazole rings is 1. The first kappa shape index (κ1) is 14.9. The number of aryl methyl sites for hydroxylation is 1. The Hall–Kier alpha value is -3.61. The Morgan fingerprint density at radius 3 is 2.76 bits per heavy atom. The molecule has 2 aromatic heterocycles. The molecule has 0 saturated heterocycles. The second-order valence-corrected chi connectivity index (χ2v) is 5.53. The number of ether oxygens (including phenoxy) is 1. The molecule has 4 rings (SSSR count). The average molecular weight is 335 g/mol. The summed E-state index contributed by atoms with van der Waals surface area (Å²) in [6.45, 7) is 1.78. The molecule has 0 radical (unpaired) electrons. The zero-order valence-electron chi connectivity index (χ0n) is 13.2. The maximum atomic E-state index is 11.2. The van der Waals surface area contributed by atoms with Crippen LogP contribution in [0.2, 0.25) is 0 Å². The van der Waals surface area contributed by atoms with E-state index in [1.54, 1.807) is 37.3 Å². The Balaban J connectivity index is 1.71. The van der Waals surface area contributed by atoms with Crippen molar-refractivity contribution < 1.29 is 19.1 Å². The number of benzene rings is 2. The molecule has 7 heteroatoms. The van der Waals surface area contributed by atoms with Crippen molar-refractivity contribution in [1.82, 2.24) is 9.97 Å². The number of nitrogens with two attached hydrogens (primary N) is 1. The van der Waals surface area contributed by atoms with Gasteiger partial charge in [-0.25, -0.2) is 9.97 Å². The van der Waals surface area contributed by atoms with Gasteiger partial charge in [-0.15, -0.1) is 0 Å². The van der Waals surface area contributed by atoms with Crippen molar-refractivity contribution in [1.29, 1.82) is 0 Å². The Morgan fingerprint density at radius 1 is 1.20 bits per heavy atom. The van der Waals surface area contributed by atoms with Crippen LogP contribution in [0.25, 0.3) is 21.9 Å². The van der Waals surface area contributed by atoms with Gasteiger partial charge in [0.25, 0.3) is 5.91 Å². The van der Waals surface area contributed by atoms with Crippen LogP contribution in [-0.2, 0) is 0 Å². The SMILES string of the molecule is Cc1nc2ccc(Oc3ccc4c(O)c(C(N)=O)ncc4c3)cc2o1. The monoisotopic (exact) mass is 335 g/mol. The van der Waals surface area contributed by atoms with E-state index in [1.807, 2.05) is 6.07 Å². The van der Waals surface area contributed by atoms with Gasteiger partial charge >= 0.3 is 0 Å². The summed E-state index contributed by atoms with van der Waals surface area (Å²) < 4.78 is 11.3. The summed E-state index contributed by atoms with van der Waals surface area (Å²) in [6.07, 6.45) is 1.46. The first-order valence-electron chi connectivity index (χ1n) is 7.48. The van der Waals surface area contributed by atoms with Gasteiger partial charge in [0.05, 0.1) is 0 Å². The van der Waals surface area contributed by atoms with Gasteiger partial charge in [-0.3, -0.25) is 4.79 Å². The molecule has 0 spiro atoms. The molecule has 0 aliphatic heterocycles. The highest BCUT2D eigenvalue weighted by Gasteiger charge is 2.13. The molecule has 2 heterocycles. The molecule has 7 nitrogen and oxygen atoms in total. The fraction of sp³-hybridized carbons (Fsp3) is 0.0556. The first-order chi connectivity index (χ1) is 12.0. The van der Waals surface area contributed by atoms with E-state index >= 15 is 0 Å². The molecule has 3 N–H and O–H groups in total. The molecule has 25 heavy (non-hydrogen) atoms. The lowest BCUT2D eigenvalue weighted by Gasteiger charge is -2.08. The van der Waals surface area contributed by atoms with Crippen molar-refractivity contribution in [2.75, 3.05) is 0 Å². The topological polar surface area (TPSA) is 111 Å². The summed E-state index contributed by atoms with van der Waals surface area (Å²) in [4.78, 5) is 19.4. The van der Waals surface area contributed by atoms with Crippen molar-refractivity contribution in [2.45, 2.75) is 6.92 Å². The molecule has 0 bridgehead atoms. The molecular weight excluding hydrogens is 322 g/mol. The minimum atomic E-state index is -0.782. The van der Waals surface area contributed by atoms with Gasteiger partial charge in [0, 0.05) is 30.0 Å². The summed E-state index contributed by atoms with van der Waals surface area (Å²) in [5.74, 6) is 0.709. The van der Waals surface area contributed by atoms with Crippen molar-refractivity contribution in [3.05, 3.63) is 54.2 Å². The predicted molar refractivity (Wildman–Crippen MR) is 90.7 cm³/mol. The summed E-state index contributed by atoms with van der Waals surface area (Å²) in [5, 5.41) is 11.2. The normalized spacial score (nSPS) is 11.1. The lowest BCUT2D eigenvalue weighted by atomic mass is 10.1. The standard InChI is InChI=1S/C18H13N3O4/c1-9-21-14-5-3-12(7-15(14)24-9)25-11-2-4-13-10(6-11)8-20-16(17(13)22)18(19)23/h2-8,22H,1H3,(H2,19,23). The quantitative estimate of drug-likeness (QED) is 0.594. The third kappa shape index (κ3) is 2.61. The van der Waals surface area contributed by atoms with Gasteiger partial charge < -0.3 is 20.0 Å². The number of hydrogen-bond acceptors (Lipinski definition) is 6. The van der Waals surface area contributed by atoms with Gasteiger partial charge in [-0.2, -0.15) is 0 Å². The number of rotatable bonds is 3. The smallest absolute Gasteiger partial charge is 0.271 e. The Labute approximate surface area is 141 Å². The molecule has 0 atom stereocenters. The number of amides is 1. The number of aromatic hydroxyl groups is 1. The van der Waals surface area contributed by atoms with Crippen molar-refractivity contribution >= 4 is 27.8 Å². The molecule has 0 fully saturated rings. The van der Waals surface area contributed by atoms with Crippen LogP contribution in [0.15, 0.2) is 47.0 Å². The van der Waals surface area contributed by atoms with Crippen LogP contribution in [0.5, 0.6) is 17.2 Å². The molecule has 0 unspecified atom stereocenters. The lowest BCUT2D eigenvalue weighted by molar-refractivity contribution is 0.0993. The van der Waals surface area contributed by atoms with Gasteiger partial charge in [0.15, 0.2) is 22.9 Å². The molecule has 0 saturated carbocycles. The summed E-state index contributed by atoms with van der Waals surface area (Å²) in [6, 6.07) is 10.4. The Morgan fingerprint density at radius 2 is 1.96 bits per heavy atom. The molecule has 124 valence electrons. The number of fused-ring (bicyclic) bond motifs is 2. The van der Waals surface area contributed by atoms with E-state index in [1.165, 1.54) is 6.20 Å². The molecule has 0 aliphatic rings. The Bertz CT molecular complexity index is 1130. The number of primary amides is 1. The van der Waals surface area contributed by atoms with Crippen LogP contribution < -0.4 is 10.5 Å². The van der Waals surface area contributed by atoms with Crippen LogP contribution in [0.4, 0.5) is 0 Å². The Kier molecular flexibility index (Phi) is 3.28. The average Bonchev–Trinajstić information content (AvgIpc) is 2.94. The summed E-state index contributed by atoms with van der Waals surface area (Å²) in [7, 11) is 0. The van der Waals surface area contributed by atoms with E-state index in [2.05, 4.69) is 9.97 Å². The van der Waals surface area contributed by atoms with Gasteiger partial charge in [0.2, 0.25) is 0 Å². The number of carbonyl (C=O) groups is 1. The van der Waals surface area contributed by atoms with E-state index < -0.39 is 5.91 Å². The van der Waals surface area contributed by atoms with Crippen LogP contribution in [0.3, 0.4) is 0 Å². The minimum Gasteiger partial charge on any atom is -0.505 e. The highest BCUT2D eigenvalue weighted by molar-refractivity contribution is 6.00. The molecule has 4 aromatic rings. The van der Waals surface area contributed by atoms with E-state index in [0.29, 0.717) is 33.7 Å². The number of pyridine rings is 1. The molecular formula is C18H13N3O4. The van der Waals surface area contributed by atoms with Crippen molar-refractivity contribution in [3.63, 3.8) is 0 Å². The number of aromatic nitrogens is 2. The van der Waals surface area contributed by atoms with Crippen LogP contribution >= 0.6 is 0 Å². The largest absolute Gasteiger partial charge is 0.505 e. The third-order valence-electron chi connectivity index (χ3n) is 3.77. The van der Waals surface area contributed by atoms with E-state index in [-0.39, 0.29) is 11.4 Å². The maximum Gasteiger partial charge on any atom is 0.271 e. The maximum absolute atomic E-state index is 11.2. The van der Waals surface area contributed by atoms with E-state index in [4.69, 9.17) is 14.9 Å². The second-order valence-electron chi connectivity index (χ2n) is 5.53. The zero-order valence-corrected chi connectivity index (χ0v) is 13.2. The van der Waals surface area contributed by atoms with E-state index in [0.717, 1.165) is 5.52 Å². The minimum absolute atomic E-state index is 0.160. The lowest BCUT2D eigenvalue weighted by Crippen LogP contribution is -2.13. The van der Waals surface area contributed by atoms with Crippen LogP contribution in [-0.4, -0.2) is 21.0 Å². The number of carbonyl (C=O) groups excluding carboxylic acids is 1. The summed E-state index contributed by atoms with van der Waals surface area (Å²) >= 11 is 0. The fourth-order valence-electron chi connectivity index (χ4n) is 2.65. The molecule has 0 aliphatic carbocycles. The van der Waals surface area contributed by atoms with Gasteiger partial charge in [-0.1, -0.05) is 0 Å². The van der Waals surface area contributed by atoms with Gasteiger partial charge in [-0.05, 0) is 30.3 Å². The first-order valence-corrected chi connectivity index (χ1v) is 7.48. The molecule has 1 amide bonds. The second kappa shape index (κ2) is 5.48. The third-order valence-corrected chi connectivity index (χ3v) is 3.77. The van der Waals surface area contributed by atoms with Crippen molar-refractivity contribution in [2.24, 2.45) is 5.73 Å². The summed E-state index contributed by atoms with van der Waals surface area (Å²) in [5.41, 5.74) is 6.43. The highest BCUT2D eigenvalue weighted by atomic mass is 16.5. The molecule has 2 aromatic carbocycles. The van der Waals surface area contributed by atoms with Crippen LogP contribution in [0.1, 0.15) is 16.4 Å².